The van der Waals surface area contributed by atoms with Crippen LogP contribution >= 0.6 is 0 Å². The van der Waals surface area contributed by atoms with Gasteiger partial charge in [-0.3, -0.25) is 10.1 Å². The molecule has 0 aliphatic carbocycles. The number of non-ortho nitro benzene ring substituents is 1. The van der Waals surface area contributed by atoms with E-state index in [4.69, 9.17) is 5.26 Å². The molecule has 13 heavy (non-hydrogen) atoms. The maximum absolute atomic E-state index is 10.4. The van der Waals surface area contributed by atoms with Gasteiger partial charge in [-0.25, -0.2) is 0 Å². The van der Waals surface area contributed by atoms with Gasteiger partial charge in [-0.15, -0.1) is 0 Å². The highest BCUT2D eigenvalue weighted by Gasteiger charge is 2.06. The van der Waals surface area contributed by atoms with Gasteiger partial charge in [0.25, 0.3) is 5.69 Å². The van der Waals surface area contributed by atoms with Crippen molar-refractivity contribution in [3.8, 4) is 6.07 Å². The first kappa shape index (κ1) is 8.94. The Bertz CT molecular complexity index is 404. The third-order valence-corrected chi connectivity index (χ3v) is 1.54. The number of rotatable bonds is 2. The number of nitriles is 1. The van der Waals surface area contributed by atoms with Gasteiger partial charge in [0, 0.05) is 12.1 Å². The van der Waals surface area contributed by atoms with Gasteiger partial charge in [0.15, 0.2) is 0 Å². The lowest BCUT2D eigenvalue weighted by atomic mass is 10.1. The smallest absolute Gasteiger partial charge is 0.258 e. The molecule has 0 fully saturated rings. The summed E-state index contributed by atoms with van der Waals surface area (Å²) >= 11 is 0. The van der Waals surface area contributed by atoms with Gasteiger partial charge in [-0.1, -0.05) is 18.7 Å². The van der Waals surface area contributed by atoms with E-state index in [1.165, 1.54) is 18.2 Å². The number of nitrogens with zero attached hydrogens (tertiary/aromatic N) is 2. The highest BCUT2D eigenvalue weighted by molar-refractivity contribution is 5.75. The van der Waals surface area contributed by atoms with Crippen LogP contribution in [0.25, 0.3) is 5.57 Å². The largest absolute Gasteiger partial charge is 0.270 e. The zero-order valence-electron chi connectivity index (χ0n) is 6.73. The molecule has 0 heterocycles. The average molecular weight is 174 g/mol. The number of nitro groups is 1. The number of allylic oxidation sites excluding steroid dienone is 1. The first-order valence-corrected chi connectivity index (χ1v) is 3.49. The summed E-state index contributed by atoms with van der Waals surface area (Å²) in [7, 11) is 0. The first-order chi connectivity index (χ1) is 6.15. The van der Waals surface area contributed by atoms with Crippen LogP contribution < -0.4 is 0 Å². The Morgan fingerprint density at radius 2 is 2.31 bits per heavy atom. The van der Waals surface area contributed by atoms with E-state index in [-0.39, 0.29) is 11.3 Å². The molecule has 0 aliphatic heterocycles. The van der Waals surface area contributed by atoms with Crippen molar-refractivity contribution in [3.63, 3.8) is 0 Å². The van der Waals surface area contributed by atoms with Crippen molar-refractivity contribution in [1.82, 2.24) is 0 Å². The summed E-state index contributed by atoms with van der Waals surface area (Å²) in [5, 5.41) is 18.9. The van der Waals surface area contributed by atoms with Gasteiger partial charge in [0.05, 0.1) is 16.6 Å². The lowest BCUT2D eigenvalue weighted by Crippen LogP contribution is -1.88. The van der Waals surface area contributed by atoms with Crippen LogP contribution in [0.15, 0.2) is 30.8 Å². The lowest BCUT2D eigenvalue weighted by molar-refractivity contribution is -0.384. The Balaban J connectivity index is 3.14. The summed E-state index contributed by atoms with van der Waals surface area (Å²) in [6, 6.07) is 7.66. The van der Waals surface area contributed by atoms with Crippen molar-refractivity contribution in [2.24, 2.45) is 0 Å². The second-order valence-electron chi connectivity index (χ2n) is 2.40. The summed E-state index contributed by atoms with van der Waals surface area (Å²) in [6.45, 7) is 3.46. The summed E-state index contributed by atoms with van der Waals surface area (Å²) in [5.41, 5.74) is 0.675. The number of hydrogen-bond donors (Lipinski definition) is 0. The van der Waals surface area contributed by atoms with Gasteiger partial charge in [-0.05, 0) is 5.56 Å². The predicted molar refractivity (Wildman–Crippen MR) is 47.7 cm³/mol. The first-order valence-electron chi connectivity index (χ1n) is 3.49. The molecule has 0 bridgehead atoms. The second-order valence-corrected chi connectivity index (χ2v) is 2.40. The second kappa shape index (κ2) is 3.50. The van der Waals surface area contributed by atoms with E-state index < -0.39 is 4.92 Å². The summed E-state index contributed by atoms with van der Waals surface area (Å²) in [6.07, 6.45) is 0. The third-order valence-electron chi connectivity index (χ3n) is 1.54. The maximum Gasteiger partial charge on any atom is 0.270 e. The van der Waals surface area contributed by atoms with E-state index in [0.717, 1.165) is 0 Å². The molecule has 0 N–H and O–H groups in total. The third kappa shape index (κ3) is 1.91. The Morgan fingerprint density at radius 1 is 1.62 bits per heavy atom. The van der Waals surface area contributed by atoms with Crippen molar-refractivity contribution in [3.05, 3.63) is 46.5 Å². The summed E-state index contributed by atoms with van der Waals surface area (Å²) in [4.78, 5) is 9.85. The highest BCUT2D eigenvalue weighted by Crippen LogP contribution is 2.17. The Kier molecular flexibility index (Phi) is 2.41. The van der Waals surface area contributed by atoms with E-state index in [1.54, 1.807) is 6.07 Å². The van der Waals surface area contributed by atoms with Gasteiger partial charge < -0.3 is 0 Å². The van der Waals surface area contributed by atoms with E-state index >= 15 is 0 Å². The summed E-state index contributed by atoms with van der Waals surface area (Å²) in [5.74, 6) is 0. The molecular weight excluding hydrogens is 168 g/mol. The number of hydrogen-bond acceptors (Lipinski definition) is 3. The van der Waals surface area contributed by atoms with E-state index in [1.807, 2.05) is 6.07 Å². The highest BCUT2D eigenvalue weighted by atomic mass is 16.6. The fourth-order valence-electron chi connectivity index (χ4n) is 0.872. The topological polar surface area (TPSA) is 66.9 Å². The van der Waals surface area contributed by atoms with Crippen LogP contribution in [0.3, 0.4) is 0 Å². The van der Waals surface area contributed by atoms with Crippen LogP contribution in [0.5, 0.6) is 0 Å². The molecule has 0 atom stereocenters. The van der Waals surface area contributed by atoms with Crippen molar-refractivity contribution in [2.75, 3.05) is 0 Å². The standard InChI is InChI=1S/C9H6N2O2/c1-7(6-10)8-3-2-4-9(5-8)11(12)13/h2-5H,1H2. The molecule has 0 unspecified atom stereocenters. The lowest BCUT2D eigenvalue weighted by Gasteiger charge is -1.95. The number of benzene rings is 1. The molecule has 0 spiro atoms. The van der Waals surface area contributed by atoms with Crippen LogP contribution in [0, 0.1) is 21.4 Å². The number of nitro benzene ring substituents is 1. The fraction of sp³-hybridized carbons (Fsp3) is 0. The van der Waals surface area contributed by atoms with Crippen molar-refractivity contribution in [1.29, 1.82) is 5.26 Å². The monoisotopic (exact) mass is 174 g/mol. The van der Waals surface area contributed by atoms with Crippen molar-refractivity contribution >= 4 is 11.3 Å². The average Bonchev–Trinajstić information content (AvgIpc) is 2.17. The van der Waals surface area contributed by atoms with Crippen LogP contribution in [0.1, 0.15) is 5.56 Å². The molecule has 1 aromatic rings. The molecule has 64 valence electrons. The van der Waals surface area contributed by atoms with E-state index in [9.17, 15) is 10.1 Å². The van der Waals surface area contributed by atoms with Crippen molar-refractivity contribution in [2.45, 2.75) is 0 Å². The normalized spacial score (nSPS) is 8.85. The molecule has 0 aromatic heterocycles. The van der Waals surface area contributed by atoms with Gasteiger partial charge in [0.1, 0.15) is 0 Å². The molecule has 0 saturated heterocycles. The molecule has 1 aromatic carbocycles. The molecule has 4 nitrogen and oxygen atoms in total. The molecule has 4 heteroatoms. The minimum absolute atomic E-state index is 0.0334. The van der Waals surface area contributed by atoms with Crippen LogP contribution in [-0.2, 0) is 0 Å². The van der Waals surface area contributed by atoms with Crippen molar-refractivity contribution < 1.29 is 4.92 Å². The zero-order valence-corrected chi connectivity index (χ0v) is 6.73. The molecular formula is C9H6N2O2. The van der Waals surface area contributed by atoms with Gasteiger partial charge >= 0.3 is 0 Å². The van der Waals surface area contributed by atoms with E-state index in [0.29, 0.717) is 5.56 Å². The molecule has 0 saturated carbocycles. The van der Waals surface area contributed by atoms with Gasteiger partial charge in [0.2, 0.25) is 0 Å². The zero-order chi connectivity index (χ0) is 9.84. The van der Waals surface area contributed by atoms with Crippen LogP contribution in [0.4, 0.5) is 5.69 Å². The molecule has 1 rings (SSSR count). The predicted octanol–water partition coefficient (Wildman–Crippen LogP) is 2.13. The Hall–Kier alpha value is -2.15. The molecule has 0 aliphatic rings. The van der Waals surface area contributed by atoms with Gasteiger partial charge in [-0.2, -0.15) is 5.26 Å². The fourth-order valence-corrected chi connectivity index (χ4v) is 0.872. The van der Waals surface area contributed by atoms with Crippen LogP contribution in [-0.4, -0.2) is 4.92 Å². The Labute approximate surface area is 74.9 Å². The van der Waals surface area contributed by atoms with E-state index in [2.05, 4.69) is 6.58 Å². The SMILES string of the molecule is C=C(C#N)c1cccc([N+](=O)[O-])c1. The summed E-state index contributed by atoms with van der Waals surface area (Å²) < 4.78 is 0. The molecule has 0 amide bonds. The quantitative estimate of drug-likeness (QED) is 0.392. The maximum atomic E-state index is 10.4. The Morgan fingerprint density at radius 3 is 2.85 bits per heavy atom. The minimum Gasteiger partial charge on any atom is -0.258 e. The minimum atomic E-state index is -0.506. The van der Waals surface area contributed by atoms with Crippen LogP contribution in [0.2, 0.25) is 0 Å². The molecule has 0 radical (unpaired) electrons.